The molecule has 4 aromatic carbocycles. The molecule has 140 valence electrons. The van der Waals surface area contributed by atoms with Crippen LogP contribution < -0.4 is 15.9 Å². The summed E-state index contributed by atoms with van der Waals surface area (Å²) in [5.74, 6) is 0. The molecule has 0 aliphatic heterocycles. The average Bonchev–Trinajstić information content (AvgIpc) is 2.76. The summed E-state index contributed by atoms with van der Waals surface area (Å²) < 4.78 is 0. The molecule has 0 aliphatic carbocycles. The van der Waals surface area contributed by atoms with Gasteiger partial charge in [0.25, 0.3) is 0 Å². The summed E-state index contributed by atoms with van der Waals surface area (Å²) in [6.07, 6.45) is 0.851. The van der Waals surface area contributed by atoms with Gasteiger partial charge in [0.2, 0.25) is 0 Å². The summed E-state index contributed by atoms with van der Waals surface area (Å²) >= 11 is 10.8. The third-order valence-corrected chi connectivity index (χ3v) is 15.0. The van der Waals surface area contributed by atoms with Crippen LogP contribution in [0.2, 0.25) is 5.02 Å². The number of benzene rings is 4. The van der Waals surface area contributed by atoms with E-state index in [2.05, 4.69) is 119 Å². The quantitative estimate of drug-likeness (QED) is 0.287. The standard InChI is InChI=1S/C25H21BrClP/c26-28(23-13-4-1-5-14-23,24-15-6-2-7-16-24,25-17-8-3-9-18-25)20-21-11-10-12-22(27)19-21/h1-19H,20H2. The van der Waals surface area contributed by atoms with Gasteiger partial charge in [0.05, 0.1) is 0 Å². The van der Waals surface area contributed by atoms with E-state index in [1.807, 2.05) is 12.1 Å². The van der Waals surface area contributed by atoms with Crippen molar-refractivity contribution in [3.63, 3.8) is 0 Å². The van der Waals surface area contributed by atoms with Crippen LogP contribution in [0.4, 0.5) is 0 Å². The van der Waals surface area contributed by atoms with Gasteiger partial charge in [0.15, 0.2) is 0 Å². The first-order valence-electron chi connectivity index (χ1n) is 9.25. The van der Waals surface area contributed by atoms with Crippen molar-refractivity contribution in [2.45, 2.75) is 6.16 Å². The van der Waals surface area contributed by atoms with Crippen LogP contribution in [-0.4, -0.2) is 0 Å². The van der Waals surface area contributed by atoms with Gasteiger partial charge in [-0.15, -0.1) is 0 Å². The first-order chi connectivity index (χ1) is 13.6. The molecule has 0 fully saturated rings. The Morgan fingerprint density at radius 1 is 0.571 bits per heavy atom. The molecule has 0 unspecified atom stereocenters. The summed E-state index contributed by atoms with van der Waals surface area (Å²) in [6.45, 7) is 0. The van der Waals surface area contributed by atoms with Gasteiger partial charge in [-0.1, -0.05) is 0 Å². The Balaban J connectivity index is 2.09. The predicted molar refractivity (Wildman–Crippen MR) is 129 cm³/mol. The minimum atomic E-state index is -2.95. The van der Waals surface area contributed by atoms with Crippen molar-refractivity contribution in [2.24, 2.45) is 0 Å². The van der Waals surface area contributed by atoms with E-state index in [0.29, 0.717) is 0 Å². The van der Waals surface area contributed by atoms with Crippen LogP contribution >= 0.6 is 32.4 Å². The van der Waals surface area contributed by atoms with Gasteiger partial charge in [-0.3, -0.25) is 0 Å². The molecular weight excluding hydrogens is 447 g/mol. The molecule has 28 heavy (non-hydrogen) atoms. The van der Waals surface area contributed by atoms with Crippen molar-refractivity contribution in [2.75, 3.05) is 0 Å². The molecule has 0 heterocycles. The summed E-state index contributed by atoms with van der Waals surface area (Å²) in [4.78, 5) is 0. The van der Waals surface area contributed by atoms with Crippen LogP contribution in [-0.2, 0) is 6.16 Å². The molecule has 0 spiro atoms. The Bertz CT molecular complexity index is 966. The van der Waals surface area contributed by atoms with E-state index in [1.165, 1.54) is 21.5 Å². The SMILES string of the molecule is Clc1cccc(CP(Br)(c2ccccc2)(c2ccccc2)c2ccccc2)c1. The Morgan fingerprint density at radius 2 is 1.00 bits per heavy atom. The Morgan fingerprint density at radius 3 is 1.39 bits per heavy atom. The second-order valence-corrected chi connectivity index (χ2v) is 16.3. The van der Waals surface area contributed by atoms with Crippen molar-refractivity contribution in [1.82, 2.24) is 0 Å². The van der Waals surface area contributed by atoms with Gasteiger partial charge in [0, 0.05) is 0 Å². The fraction of sp³-hybridized carbons (Fsp3) is 0.0400. The fourth-order valence-corrected chi connectivity index (χ4v) is 11.8. The van der Waals surface area contributed by atoms with E-state index in [1.54, 1.807) is 0 Å². The van der Waals surface area contributed by atoms with E-state index < -0.39 is 5.31 Å². The molecule has 0 N–H and O–H groups in total. The first kappa shape index (κ1) is 19.4. The van der Waals surface area contributed by atoms with Crippen LogP contribution in [0.25, 0.3) is 0 Å². The number of rotatable bonds is 5. The maximum atomic E-state index is 6.36. The molecule has 4 rings (SSSR count). The molecule has 4 aromatic rings. The molecule has 3 heteroatoms. The van der Waals surface area contributed by atoms with Gasteiger partial charge >= 0.3 is 180 Å². The minimum absolute atomic E-state index is 0.768. The van der Waals surface area contributed by atoms with Crippen molar-refractivity contribution < 1.29 is 0 Å². The summed E-state index contributed by atoms with van der Waals surface area (Å²) in [5, 5.41) is 1.75. The number of hydrogen-bond acceptors (Lipinski definition) is 0. The Kier molecular flexibility index (Phi) is 5.43. The van der Waals surface area contributed by atoms with Gasteiger partial charge in [0.1, 0.15) is 0 Å². The summed E-state index contributed by atoms with van der Waals surface area (Å²) in [7, 11) is 0. The van der Waals surface area contributed by atoms with Gasteiger partial charge in [-0.05, 0) is 0 Å². The van der Waals surface area contributed by atoms with Crippen LogP contribution in [0.1, 0.15) is 5.56 Å². The second-order valence-electron chi connectivity index (χ2n) is 6.98. The molecule has 0 saturated carbocycles. The molecule has 0 bridgehead atoms. The second kappa shape index (κ2) is 7.84. The monoisotopic (exact) mass is 466 g/mol. The first-order valence-corrected chi connectivity index (χ1v) is 14.1. The zero-order valence-corrected chi connectivity index (χ0v) is 18.6. The topological polar surface area (TPSA) is 0 Å². The van der Waals surface area contributed by atoms with Crippen molar-refractivity contribution in [1.29, 1.82) is 0 Å². The van der Waals surface area contributed by atoms with Crippen molar-refractivity contribution >= 4 is 48.3 Å². The zero-order chi connectivity index (χ0) is 19.5. The van der Waals surface area contributed by atoms with Crippen LogP contribution in [0.15, 0.2) is 115 Å². The fourth-order valence-electron chi connectivity index (χ4n) is 3.92. The molecule has 0 aliphatic rings. The van der Waals surface area contributed by atoms with E-state index >= 15 is 0 Å². The Labute approximate surface area is 179 Å². The van der Waals surface area contributed by atoms with E-state index in [-0.39, 0.29) is 0 Å². The Hall–Kier alpha value is -1.92. The number of hydrogen-bond donors (Lipinski definition) is 0. The maximum absolute atomic E-state index is 6.36. The van der Waals surface area contributed by atoms with Gasteiger partial charge in [-0.2, -0.15) is 0 Å². The normalized spacial score (nSPS) is 12.9. The van der Waals surface area contributed by atoms with E-state index in [4.69, 9.17) is 11.6 Å². The van der Waals surface area contributed by atoms with Gasteiger partial charge in [-0.25, -0.2) is 0 Å². The third-order valence-electron chi connectivity index (χ3n) is 5.25. The zero-order valence-electron chi connectivity index (χ0n) is 15.4. The van der Waals surface area contributed by atoms with Crippen molar-refractivity contribution in [3.8, 4) is 0 Å². The molecule has 0 amide bonds. The van der Waals surface area contributed by atoms with E-state index in [0.717, 1.165) is 11.2 Å². The van der Waals surface area contributed by atoms with Crippen LogP contribution in [0, 0.1) is 0 Å². The third kappa shape index (κ3) is 3.33. The molecular formula is C25H21BrClP. The predicted octanol–water partition coefficient (Wildman–Crippen LogP) is 6.68. The summed E-state index contributed by atoms with van der Waals surface area (Å²) in [6, 6.07) is 40.7. The van der Waals surface area contributed by atoms with Crippen LogP contribution in [0.3, 0.4) is 0 Å². The van der Waals surface area contributed by atoms with Crippen molar-refractivity contribution in [3.05, 3.63) is 126 Å². The van der Waals surface area contributed by atoms with Crippen LogP contribution in [0.5, 0.6) is 0 Å². The molecule has 0 nitrogen and oxygen atoms in total. The summed E-state index contributed by atoms with van der Waals surface area (Å²) in [5.41, 5.74) is 1.22. The van der Waals surface area contributed by atoms with Gasteiger partial charge < -0.3 is 0 Å². The molecule has 0 saturated heterocycles. The number of halogens is 2. The molecule has 0 radical (unpaired) electrons. The van der Waals surface area contributed by atoms with E-state index in [9.17, 15) is 0 Å². The molecule has 0 aromatic heterocycles. The average molecular weight is 468 g/mol. The molecule has 0 atom stereocenters.